The number of aromatic nitrogens is 2. The Labute approximate surface area is 299 Å². The van der Waals surface area contributed by atoms with Gasteiger partial charge >= 0.3 is 0 Å². The van der Waals surface area contributed by atoms with E-state index in [1.54, 1.807) is 33.3 Å². The van der Waals surface area contributed by atoms with Gasteiger partial charge in [-0.1, -0.05) is 36.6 Å². The molecule has 268 valence electrons. The van der Waals surface area contributed by atoms with Gasteiger partial charge in [0.2, 0.25) is 0 Å². The monoisotopic (exact) mass is 695 g/mol. The van der Waals surface area contributed by atoms with Gasteiger partial charge in [-0.2, -0.15) is 0 Å². The van der Waals surface area contributed by atoms with E-state index in [-0.39, 0.29) is 11.7 Å². The molecule has 12 heteroatoms. The van der Waals surface area contributed by atoms with Gasteiger partial charge in [-0.15, -0.1) is 6.42 Å². The minimum absolute atomic E-state index is 0.0182. The maximum atomic E-state index is 12.4. The Kier molecular flexibility index (Phi) is 16.1. The number of amides is 1. The number of ketones is 1. The zero-order valence-electron chi connectivity index (χ0n) is 29.8. The maximum absolute atomic E-state index is 12.4. The maximum Gasteiger partial charge on any atom is 0.267 e. The summed E-state index contributed by atoms with van der Waals surface area (Å²) in [5.74, 6) is 3.56. The average Bonchev–Trinajstić information content (AvgIpc) is 3.14. The van der Waals surface area contributed by atoms with Gasteiger partial charge in [0.15, 0.2) is 17.3 Å². The highest BCUT2D eigenvalue weighted by molar-refractivity contribution is 5.99. The summed E-state index contributed by atoms with van der Waals surface area (Å²) in [6.07, 6.45) is 11.5. The van der Waals surface area contributed by atoms with Crippen LogP contribution in [0.15, 0.2) is 90.8 Å². The van der Waals surface area contributed by atoms with Gasteiger partial charge in [0.25, 0.3) is 5.91 Å². The number of allylic oxidation sites excluding steroid dienone is 3. The van der Waals surface area contributed by atoms with E-state index in [9.17, 15) is 9.59 Å². The number of terminal acetylenes is 1. The molecule has 1 aromatic heterocycles. The van der Waals surface area contributed by atoms with Crippen LogP contribution in [0.5, 0.6) is 11.5 Å². The molecule has 51 heavy (non-hydrogen) atoms. The first-order valence-corrected chi connectivity index (χ1v) is 16.1. The van der Waals surface area contributed by atoms with Gasteiger partial charge in [0, 0.05) is 74.3 Å². The number of carbonyl (C=O) groups excluding carboxylic acids is 2. The summed E-state index contributed by atoms with van der Waals surface area (Å²) in [5, 5.41) is 12.5. The number of nitrogens with zero attached hydrogens (tertiary/aromatic N) is 3. The number of anilines is 3. The van der Waals surface area contributed by atoms with E-state index < -0.39 is 5.91 Å². The summed E-state index contributed by atoms with van der Waals surface area (Å²) in [6.45, 7) is 5.33. The van der Waals surface area contributed by atoms with Gasteiger partial charge in [-0.25, -0.2) is 15.4 Å². The average molecular weight is 696 g/mol. The molecular formula is C39H45N5O7. The molecule has 0 radical (unpaired) electrons. The number of carbonyl (C=O) groups is 2. The largest absolute Gasteiger partial charge is 0.487 e. The number of rotatable bonds is 16. The Hall–Kier alpha value is -5.74. The highest BCUT2D eigenvalue weighted by Crippen LogP contribution is 2.35. The van der Waals surface area contributed by atoms with E-state index in [0.717, 1.165) is 33.4 Å². The first kappa shape index (κ1) is 39.7. The van der Waals surface area contributed by atoms with Crippen LogP contribution in [0.25, 0.3) is 10.9 Å². The molecule has 0 aliphatic rings. The smallest absolute Gasteiger partial charge is 0.267 e. The fourth-order valence-corrected chi connectivity index (χ4v) is 4.64. The Balaban J connectivity index is 0.000000287. The predicted molar refractivity (Wildman–Crippen MR) is 199 cm³/mol. The molecule has 1 amide bonds. The van der Waals surface area contributed by atoms with Gasteiger partial charge in [0.1, 0.15) is 25.4 Å². The number of fused-ring (bicyclic) bond motifs is 1. The SMILES string of the molecule is C#Cc1cccc(Nc2ncnc3cc(OCCOC)c(OCCOC)cc23)c1.CC(/C=C/C(=O)NO)=C\[C@@H](C)C(=O)c1ccc(N(C)C)cc1. The fraction of sp³-hybridized carbons (Fsp3) is 0.282. The van der Waals surface area contributed by atoms with E-state index in [2.05, 4.69) is 21.2 Å². The Morgan fingerprint density at radius 1 is 0.941 bits per heavy atom. The summed E-state index contributed by atoms with van der Waals surface area (Å²) >= 11 is 0. The molecule has 3 aromatic carbocycles. The number of benzene rings is 3. The molecule has 0 aliphatic carbocycles. The van der Waals surface area contributed by atoms with Crippen LogP contribution in [-0.4, -0.2) is 81.6 Å². The lowest BCUT2D eigenvalue weighted by Crippen LogP contribution is -2.15. The first-order valence-electron chi connectivity index (χ1n) is 16.1. The standard InChI is InChI=1S/C22H23N3O4.C17H22N2O3/c1-4-16-6-5-7-17(12-16)25-22-18-13-20(28-10-8-26-2)21(29-11-9-27-3)14-19(18)23-15-24-22;1-12(5-10-16(20)18-22)11-13(2)17(21)14-6-8-15(9-7-14)19(3)4/h1,5-7,12-15H,8-11H2,2-3H3,(H,23,24,25);5-11,13,22H,1-4H3,(H,18,20)/b;10-5+,12-11+/t;13-/m.1/s1. The molecule has 0 spiro atoms. The molecule has 0 fully saturated rings. The van der Waals surface area contributed by atoms with Crippen molar-refractivity contribution < 1.29 is 33.7 Å². The summed E-state index contributed by atoms with van der Waals surface area (Å²) in [4.78, 5) is 34.0. The molecule has 4 aromatic rings. The normalized spacial score (nSPS) is 11.6. The molecule has 1 heterocycles. The van der Waals surface area contributed by atoms with Crippen LogP contribution in [0.3, 0.4) is 0 Å². The van der Waals surface area contributed by atoms with Crippen LogP contribution in [0, 0.1) is 18.3 Å². The third kappa shape index (κ3) is 12.6. The third-order valence-corrected chi connectivity index (χ3v) is 7.29. The second kappa shape index (κ2) is 20.7. The van der Waals surface area contributed by atoms with Crippen molar-refractivity contribution >= 4 is 39.8 Å². The van der Waals surface area contributed by atoms with E-state index in [1.165, 1.54) is 17.9 Å². The second-order valence-electron chi connectivity index (χ2n) is 11.4. The number of nitrogens with one attached hydrogen (secondary N) is 2. The summed E-state index contributed by atoms with van der Waals surface area (Å²) in [7, 11) is 7.14. The number of hydroxylamine groups is 1. The molecule has 0 aliphatic heterocycles. The predicted octanol–water partition coefficient (Wildman–Crippen LogP) is 5.98. The van der Waals surface area contributed by atoms with E-state index in [4.69, 9.17) is 30.6 Å². The molecular weight excluding hydrogens is 650 g/mol. The van der Waals surface area contributed by atoms with Crippen molar-refractivity contribution in [2.24, 2.45) is 5.92 Å². The van der Waals surface area contributed by atoms with Crippen LogP contribution in [0.2, 0.25) is 0 Å². The lowest BCUT2D eigenvalue weighted by molar-refractivity contribution is -0.124. The number of ether oxygens (including phenoxy) is 4. The van der Waals surface area contributed by atoms with Gasteiger partial charge in [0.05, 0.1) is 18.7 Å². The summed E-state index contributed by atoms with van der Waals surface area (Å²) < 4.78 is 21.8. The van der Waals surface area contributed by atoms with E-state index >= 15 is 0 Å². The summed E-state index contributed by atoms with van der Waals surface area (Å²) in [6, 6.07) is 18.7. The molecule has 3 N–H and O–H groups in total. The van der Waals surface area contributed by atoms with Gasteiger partial charge in [-0.3, -0.25) is 14.8 Å². The van der Waals surface area contributed by atoms with E-state index in [0.29, 0.717) is 49.3 Å². The molecule has 4 rings (SSSR count). The van der Waals surface area contributed by atoms with Crippen molar-refractivity contribution in [1.82, 2.24) is 15.4 Å². The fourth-order valence-electron chi connectivity index (χ4n) is 4.64. The molecule has 0 unspecified atom stereocenters. The lowest BCUT2D eigenvalue weighted by Gasteiger charge is -2.15. The summed E-state index contributed by atoms with van der Waals surface area (Å²) in [5.41, 5.74) is 6.32. The third-order valence-electron chi connectivity index (χ3n) is 7.29. The Bertz CT molecular complexity index is 1850. The van der Waals surface area contributed by atoms with Crippen molar-refractivity contribution in [3.63, 3.8) is 0 Å². The topological polar surface area (TPSA) is 144 Å². The molecule has 0 saturated heterocycles. The van der Waals surface area contributed by atoms with Crippen molar-refractivity contribution in [3.05, 3.63) is 102 Å². The van der Waals surface area contributed by atoms with Crippen molar-refractivity contribution in [2.45, 2.75) is 13.8 Å². The first-order chi connectivity index (χ1) is 24.6. The van der Waals surface area contributed by atoms with Crippen molar-refractivity contribution in [1.29, 1.82) is 0 Å². The minimum atomic E-state index is -0.606. The quantitative estimate of drug-likeness (QED) is 0.0242. The minimum Gasteiger partial charge on any atom is -0.487 e. The van der Waals surface area contributed by atoms with Crippen LogP contribution in [0.4, 0.5) is 17.2 Å². The molecule has 0 bridgehead atoms. The highest BCUT2D eigenvalue weighted by Gasteiger charge is 2.14. The Morgan fingerprint density at radius 3 is 2.22 bits per heavy atom. The number of Topliss-reactive ketones (excluding diaryl/α,β-unsaturated/α-hetero) is 1. The lowest BCUT2D eigenvalue weighted by atomic mass is 9.97. The molecule has 0 saturated carbocycles. The van der Waals surface area contributed by atoms with Gasteiger partial charge < -0.3 is 29.2 Å². The second-order valence-corrected chi connectivity index (χ2v) is 11.4. The highest BCUT2D eigenvalue weighted by atomic mass is 16.5. The van der Waals surface area contributed by atoms with Crippen molar-refractivity contribution in [3.8, 4) is 23.8 Å². The van der Waals surface area contributed by atoms with Crippen molar-refractivity contribution in [2.75, 3.05) is 65.0 Å². The van der Waals surface area contributed by atoms with Crippen LogP contribution >= 0.6 is 0 Å². The Morgan fingerprint density at radius 2 is 1.61 bits per heavy atom. The zero-order chi connectivity index (χ0) is 37.2. The number of hydrogen-bond acceptors (Lipinski definition) is 11. The zero-order valence-corrected chi connectivity index (χ0v) is 29.8. The van der Waals surface area contributed by atoms with Crippen LogP contribution in [0.1, 0.15) is 29.8 Å². The van der Waals surface area contributed by atoms with Gasteiger partial charge in [-0.05, 0) is 55.5 Å². The number of hydrogen-bond donors (Lipinski definition) is 3. The number of methoxy groups -OCH3 is 2. The van der Waals surface area contributed by atoms with Crippen LogP contribution < -0.4 is 25.2 Å². The van der Waals surface area contributed by atoms with E-state index in [1.807, 2.05) is 86.6 Å². The van der Waals surface area contributed by atoms with Crippen LogP contribution in [-0.2, 0) is 14.3 Å². The molecule has 1 atom stereocenters. The molecule has 12 nitrogen and oxygen atoms in total.